The monoisotopic (exact) mass is 2180 g/mol. The summed E-state index contributed by atoms with van der Waals surface area (Å²) in [5, 5.41) is 103. The van der Waals surface area contributed by atoms with Crippen molar-refractivity contribution in [1.82, 2.24) is 56.1 Å². The molecule has 4 fully saturated rings. The van der Waals surface area contributed by atoms with E-state index in [1.807, 2.05) is 76.2 Å². The Balaban J connectivity index is -0.000000288. The molecule has 0 radical (unpaired) electrons. The Morgan fingerprint density at radius 1 is 0.440 bits per heavy atom. The fourth-order valence-electron chi connectivity index (χ4n) is 13.4. The van der Waals surface area contributed by atoms with E-state index in [0.717, 1.165) is 15.3 Å². The average molecular weight is 2180 g/mol. The number of carboxylic acids is 4. The molecule has 3 amide bonds. The van der Waals surface area contributed by atoms with Crippen molar-refractivity contribution in [3.05, 3.63) is 123 Å². The van der Waals surface area contributed by atoms with Gasteiger partial charge in [0.05, 0.1) is 92.7 Å². The number of methoxy groups -OCH3 is 4. The van der Waals surface area contributed by atoms with Crippen molar-refractivity contribution in [3.8, 4) is 0 Å². The molecule has 7 aromatic heterocycles. The van der Waals surface area contributed by atoms with E-state index in [4.69, 9.17) is 69.5 Å². The van der Waals surface area contributed by atoms with Gasteiger partial charge in [0, 0.05) is 117 Å². The summed E-state index contributed by atoms with van der Waals surface area (Å²) in [5.41, 5.74) is 4.98. The zero-order valence-corrected chi connectivity index (χ0v) is 88.3. The van der Waals surface area contributed by atoms with E-state index in [2.05, 4.69) is 91.8 Å². The van der Waals surface area contributed by atoms with Gasteiger partial charge in [0.2, 0.25) is 17.7 Å². The van der Waals surface area contributed by atoms with Gasteiger partial charge in [-0.25, -0.2) is 14.4 Å². The van der Waals surface area contributed by atoms with Gasteiger partial charge in [0.25, 0.3) is 0 Å². The van der Waals surface area contributed by atoms with Gasteiger partial charge in [0.1, 0.15) is 95.4 Å². The van der Waals surface area contributed by atoms with Gasteiger partial charge in [-0.3, -0.25) is 47.5 Å². The summed E-state index contributed by atoms with van der Waals surface area (Å²) in [6.07, 6.45) is -0.535. The first-order chi connectivity index (χ1) is 62.3. The number of β-amino-alcohol motifs (C(OH)–C–C–N with tert-alkyl or cyclic N) is 4. The number of aliphatic hydroxyl groups excluding tert-OH is 4. The van der Waals surface area contributed by atoms with Crippen LogP contribution in [0.15, 0.2) is 74.1 Å². The summed E-state index contributed by atoms with van der Waals surface area (Å²) in [6.45, 7) is 36.2. The number of esters is 4. The van der Waals surface area contributed by atoms with Gasteiger partial charge in [-0.1, -0.05) is 142 Å². The van der Waals surface area contributed by atoms with E-state index in [1.165, 1.54) is 49.4 Å². The molecule has 11 rings (SSSR count). The number of carbonyl (C=O) groups is 11. The Hall–Kier alpha value is -9.36. The third-order valence-electron chi connectivity index (χ3n) is 19.2. The maximum Gasteiger partial charge on any atom is 1.00 e. The maximum absolute atomic E-state index is 12.9. The number of hydrogen-bond acceptors (Lipinski definition) is 39. The molecule has 4 aliphatic rings. The van der Waals surface area contributed by atoms with Crippen LogP contribution in [-0.2, 0) is 94.9 Å². The van der Waals surface area contributed by atoms with Crippen molar-refractivity contribution in [3.63, 3.8) is 0 Å². The second-order valence-electron chi connectivity index (χ2n) is 32.9. The smallest absolute Gasteiger partial charge is 0.870 e. The minimum atomic E-state index is -4.67. The minimum absolute atomic E-state index is 0. The van der Waals surface area contributed by atoms with Crippen molar-refractivity contribution in [2.24, 2.45) is 29.6 Å². The number of amides is 3. The molecular formula is C85H136ClFILi2N11O38S2. The van der Waals surface area contributed by atoms with Crippen LogP contribution < -0.4 is 43.0 Å². The second kappa shape index (κ2) is 72.0. The Kier molecular flexibility index (Phi) is 73.8. The molecule has 0 spiro atoms. The van der Waals surface area contributed by atoms with Gasteiger partial charge in [-0.05, 0) is 78.1 Å². The Morgan fingerprint density at radius 3 is 0.908 bits per heavy atom. The summed E-state index contributed by atoms with van der Waals surface area (Å²) in [4.78, 5) is 130. The molecule has 4 saturated heterocycles. The van der Waals surface area contributed by atoms with Crippen LogP contribution in [0.25, 0.3) is 0 Å². The maximum atomic E-state index is 12.9. The Morgan fingerprint density at radius 2 is 0.695 bits per heavy atom. The quantitative estimate of drug-likeness (QED) is 0.0107. The standard InChI is InChI=1S/C15H22N2O5.2C14H20N2O5.C10H15NO3.C9H13NO3.C7H9NO3.C6H11NO3.C6H7NO3.C3H7I.CH3FS.ClH.2Li.H2O4S.4H2O/c1-8(2)13(12-5-9(3)16-22-12)14(19)17-7-10(18)6-11(17)15(20)21-4;2*1-7(2)12(11-4-8(3)15-21-11)13(18)16-6-9(17)5-10(16)14(19)20;1-6(2)9(10(12)13-4)8-5-7(3)11-14-8;1-5(2)8(9(11)12)7-4-6(3)10-13-7;1-5-3-6(11-8-5)4-7(9)10-2;1-10-6(9)5-2-4(8)3-7-5;1-4-2-5(10-7-4)3-6(8)9;1-3(2)4;1-3-2;;;;1-5(2,3)4;;;;/h5,8,10-11,13,18H,6-7H2,1-4H3;2*4,7,9-10,12,17H,5-6H2,1-3H3,(H,19,20);5-6,9H,1-4H3;4-5,8H,1-3H3,(H,11,12);3H,4H2,1-2H3;4-5,7-8H,2-3H2,1H3;2H,3H2,1H3,(H,8,9);3H,1-2H3;1H3;1H;;;(H2,1,2,3,4);4*1H2/q;;;;;;;;;;;2*+1;;;;;/p-2/t10-,11+,13?;9-,10+,12?;9-,10+,12-;;;;4-,5+;;;;;;;;;;;/m111...1.........../s1. The average Bonchev–Trinajstić information content (AvgIpc) is 1.67. The molecule has 13 atom stereocenters. The van der Waals surface area contributed by atoms with Crippen LogP contribution in [0.1, 0.15) is 219 Å². The SMILES string of the molecule is CC(C)I.COC(=O)C(c1cc(C)no1)C(C)C.COC(=O)Cc1cc(C)no1.COC(=O)[C@@H]1C[C@@H](O)CN1.COC(=O)[C@@H]1C[C@@H](O)CN1C(=O)C(c1cc(C)no1)C(C)C.CSF.Cc1cc(C(C(=O)N2C[C@H](O)C[C@H]2C(=O)O)C(C)C)on1.Cc1cc(C(C(=O)O)C(C)C)on1.Cc1cc(CC(=O)O)on1.Cc1cc([C@H](C(=O)N2C[C@H](O)C[C@H]2C(=O)O)C(C)C)on1.Cl.O.O.O=S(=O)(O)O.[Li+].[Li+].[OH-].[OH-]. The van der Waals surface area contributed by atoms with Crippen molar-refractivity contribution < 1.29 is 225 Å². The van der Waals surface area contributed by atoms with E-state index in [-0.39, 0.29) is 213 Å². The van der Waals surface area contributed by atoms with E-state index >= 15 is 0 Å². The normalized spacial score (nSPS) is 17.6. The molecule has 56 heteroatoms. The third-order valence-corrected chi connectivity index (χ3v) is 19.2. The number of halogens is 3. The molecule has 17 N–H and O–H groups in total. The van der Waals surface area contributed by atoms with E-state index in [9.17, 15) is 82.2 Å². The number of aryl methyl sites for hydroxylation is 7. The number of carboxylic acid groups (broad SMARTS) is 4. The van der Waals surface area contributed by atoms with E-state index in [0.29, 0.717) is 81.8 Å². The minimum Gasteiger partial charge on any atom is -0.870 e. The van der Waals surface area contributed by atoms with Crippen LogP contribution in [0, 0.1) is 78.1 Å². The number of nitrogens with zero attached hydrogens (tertiary/aromatic N) is 10. The third kappa shape index (κ3) is 52.7. The summed E-state index contributed by atoms with van der Waals surface area (Å²) in [6, 6.07) is 8.80. The molecule has 0 bridgehead atoms. The molecule has 7 aromatic rings. The van der Waals surface area contributed by atoms with Gasteiger partial charge in [-0.15, -0.1) is 12.4 Å². The van der Waals surface area contributed by atoms with Crippen LogP contribution in [0.5, 0.6) is 0 Å². The Bertz CT molecular complexity index is 4810. The first kappa shape index (κ1) is 145. The number of aliphatic hydroxyl groups is 4. The molecule has 0 aromatic carbocycles. The molecule has 49 nitrogen and oxygen atoms in total. The van der Waals surface area contributed by atoms with Crippen molar-refractivity contribution in [1.29, 1.82) is 0 Å². The summed E-state index contributed by atoms with van der Waals surface area (Å²) < 4.78 is 96.0. The van der Waals surface area contributed by atoms with Gasteiger partial charge < -0.3 is 133 Å². The number of hydrogen-bond donors (Lipinski definition) is 11. The first-order valence-corrected chi connectivity index (χ1v) is 45.7. The van der Waals surface area contributed by atoms with Crippen LogP contribution in [0.3, 0.4) is 0 Å². The van der Waals surface area contributed by atoms with Crippen molar-refractivity contribution >= 4 is 123 Å². The zero-order chi connectivity index (χ0) is 103. The fourth-order valence-corrected chi connectivity index (χ4v) is 13.4. The number of carbonyl (C=O) groups excluding carboxylic acids is 7. The van der Waals surface area contributed by atoms with Crippen LogP contribution >= 0.6 is 47.1 Å². The van der Waals surface area contributed by atoms with Crippen molar-refractivity contribution in [2.75, 3.05) is 60.9 Å². The summed E-state index contributed by atoms with van der Waals surface area (Å²) in [7, 11) is 0.663. The molecule has 4 unspecified atom stereocenters. The van der Waals surface area contributed by atoms with E-state index in [1.54, 1.807) is 84.0 Å². The van der Waals surface area contributed by atoms with Gasteiger partial charge in [-0.2, -0.15) is 12.3 Å². The predicted molar refractivity (Wildman–Crippen MR) is 500 cm³/mol. The number of ether oxygens (including phenoxy) is 4. The van der Waals surface area contributed by atoms with Crippen LogP contribution in [0.4, 0.5) is 3.89 Å². The van der Waals surface area contributed by atoms with Crippen molar-refractivity contribution in [2.45, 2.75) is 252 Å². The molecule has 11 heterocycles. The summed E-state index contributed by atoms with van der Waals surface area (Å²) >= 11 is 2.59. The first-order valence-electron chi connectivity index (χ1n) is 41.9. The number of aromatic nitrogens is 7. The van der Waals surface area contributed by atoms with Crippen LogP contribution in [-0.4, -0.2) is 310 Å². The number of nitrogens with one attached hydrogen (secondary N) is 1. The van der Waals surface area contributed by atoms with Gasteiger partial charge >= 0.3 is 95.9 Å². The molecule has 0 aliphatic carbocycles. The topological polar surface area (TPSA) is 788 Å². The predicted octanol–water partition coefficient (Wildman–Crippen LogP) is 1.13. The molecule has 141 heavy (non-hydrogen) atoms. The Labute approximate surface area is 863 Å². The number of rotatable bonds is 23. The fraction of sp³-hybridized carbons (Fsp3) is 0.624. The molecular weight excluding hydrogens is 2040 g/mol. The molecule has 794 valence electrons. The largest absolute Gasteiger partial charge is 1.00 e. The van der Waals surface area contributed by atoms with Gasteiger partial charge in [0.15, 0.2) is 11.5 Å². The molecule has 4 aliphatic heterocycles. The zero-order valence-electron chi connectivity index (χ0n) is 83.7. The van der Waals surface area contributed by atoms with Crippen LogP contribution in [0.2, 0.25) is 0 Å². The number of aliphatic carboxylic acids is 4. The summed E-state index contributed by atoms with van der Waals surface area (Å²) in [5.74, 6) is -5.79. The number of likely N-dealkylation sites (tertiary alicyclic amines) is 3. The number of alkyl halides is 1. The molecule has 0 saturated carbocycles. The second-order valence-corrected chi connectivity index (χ2v) is 36.6. The van der Waals surface area contributed by atoms with E-state index < -0.39 is 106 Å².